The van der Waals surface area contributed by atoms with Gasteiger partial charge in [-0.3, -0.25) is 9.78 Å². The van der Waals surface area contributed by atoms with Crippen LogP contribution in [0.3, 0.4) is 0 Å². The molecule has 0 unspecified atom stereocenters. The van der Waals surface area contributed by atoms with Crippen LogP contribution in [-0.4, -0.2) is 22.8 Å². The fraction of sp³-hybridized carbons (Fsp3) is 0.154. The summed E-state index contributed by atoms with van der Waals surface area (Å²) in [4.78, 5) is 19.5. The zero-order chi connectivity index (χ0) is 21.1. The molecule has 0 radical (unpaired) electrons. The van der Waals surface area contributed by atoms with E-state index in [0.29, 0.717) is 6.54 Å². The average Bonchev–Trinajstić information content (AvgIpc) is 2.76. The molecular weight excluding hydrogens is 375 g/mol. The number of nitrogens with zero attached hydrogens (tertiary/aromatic N) is 2. The highest BCUT2D eigenvalue weighted by Gasteiger charge is 2.19. The molecule has 0 aliphatic rings. The third-order valence-electron chi connectivity index (χ3n) is 5.35. The lowest BCUT2D eigenvalue weighted by Crippen LogP contribution is -2.28. The molecule has 3 nitrogen and oxygen atoms in total. The van der Waals surface area contributed by atoms with Crippen molar-refractivity contribution in [2.75, 3.05) is 7.05 Å². The largest absolute Gasteiger partial charge is 0.341 e. The molecule has 0 spiro atoms. The van der Waals surface area contributed by atoms with Crippen molar-refractivity contribution in [3.63, 3.8) is 0 Å². The Hall–Kier alpha value is -3.53. The summed E-state index contributed by atoms with van der Waals surface area (Å²) in [6.45, 7) is 2.39. The number of carbonyl (C=O) groups is 1. The van der Waals surface area contributed by atoms with Gasteiger partial charge < -0.3 is 4.90 Å². The molecule has 150 valence electrons. The zero-order valence-corrected chi connectivity index (χ0v) is 17.1. The molecule has 0 bridgehead atoms. The smallest absolute Gasteiger partial charge is 0.227 e. The summed E-state index contributed by atoms with van der Waals surface area (Å²) in [6, 6.07) is 24.4. The van der Waals surface area contributed by atoms with Crippen LogP contribution in [0.5, 0.6) is 0 Å². The van der Waals surface area contributed by atoms with Crippen LogP contribution in [-0.2, 0) is 17.8 Å². The SMILES string of the molecule is Cc1nc2ccccc2c(-c2ccccc2)c1CC(=O)N(C)Cc1ccc(F)cc1. The third kappa shape index (κ3) is 4.08. The molecule has 0 fully saturated rings. The van der Waals surface area contributed by atoms with Crippen LogP contribution in [0, 0.1) is 12.7 Å². The van der Waals surface area contributed by atoms with E-state index in [2.05, 4.69) is 18.2 Å². The minimum atomic E-state index is -0.280. The summed E-state index contributed by atoms with van der Waals surface area (Å²) in [5.41, 5.74) is 5.74. The number of carbonyl (C=O) groups excluding carboxylic acids is 1. The Morgan fingerprint density at radius 3 is 2.33 bits per heavy atom. The number of aryl methyl sites for hydroxylation is 1. The number of pyridine rings is 1. The molecule has 1 heterocycles. The quantitative estimate of drug-likeness (QED) is 0.442. The fourth-order valence-corrected chi connectivity index (χ4v) is 3.76. The van der Waals surface area contributed by atoms with Crippen molar-refractivity contribution in [3.8, 4) is 11.1 Å². The van der Waals surface area contributed by atoms with Gasteiger partial charge >= 0.3 is 0 Å². The molecule has 4 rings (SSSR count). The number of aromatic nitrogens is 1. The maximum Gasteiger partial charge on any atom is 0.227 e. The molecular formula is C26H23FN2O. The van der Waals surface area contributed by atoms with E-state index in [9.17, 15) is 9.18 Å². The van der Waals surface area contributed by atoms with Crippen LogP contribution >= 0.6 is 0 Å². The van der Waals surface area contributed by atoms with Crippen molar-refractivity contribution in [2.45, 2.75) is 19.9 Å². The van der Waals surface area contributed by atoms with Gasteiger partial charge in [0.15, 0.2) is 0 Å². The summed E-state index contributed by atoms with van der Waals surface area (Å²) >= 11 is 0. The Morgan fingerprint density at radius 2 is 1.60 bits per heavy atom. The van der Waals surface area contributed by atoms with Gasteiger partial charge in [0.1, 0.15) is 5.82 Å². The molecule has 0 saturated heterocycles. The van der Waals surface area contributed by atoms with E-state index in [1.54, 1.807) is 24.1 Å². The third-order valence-corrected chi connectivity index (χ3v) is 5.35. The minimum Gasteiger partial charge on any atom is -0.341 e. The van der Waals surface area contributed by atoms with Crippen molar-refractivity contribution in [3.05, 3.63) is 102 Å². The van der Waals surface area contributed by atoms with Crippen molar-refractivity contribution in [2.24, 2.45) is 0 Å². The van der Waals surface area contributed by atoms with E-state index >= 15 is 0 Å². The van der Waals surface area contributed by atoms with E-state index in [1.807, 2.05) is 43.3 Å². The highest BCUT2D eigenvalue weighted by Crippen LogP contribution is 2.33. The van der Waals surface area contributed by atoms with Crippen LogP contribution in [0.1, 0.15) is 16.8 Å². The molecule has 0 aliphatic carbocycles. The number of hydrogen-bond acceptors (Lipinski definition) is 2. The first-order chi connectivity index (χ1) is 14.5. The van der Waals surface area contributed by atoms with Crippen LogP contribution in [0.15, 0.2) is 78.9 Å². The van der Waals surface area contributed by atoms with Crippen molar-refractivity contribution >= 4 is 16.8 Å². The summed E-state index contributed by atoms with van der Waals surface area (Å²) < 4.78 is 13.2. The molecule has 4 aromatic rings. The van der Waals surface area contributed by atoms with Gasteiger partial charge in [0.2, 0.25) is 5.91 Å². The van der Waals surface area contributed by atoms with E-state index in [-0.39, 0.29) is 18.1 Å². The number of halogens is 1. The highest BCUT2D eigenvalue weighted by molar-refractivity contribution is 5.98. The lowest BCUT2D eigenvalue weighted by atomic mass is 9.92. The van der Waals surface area contributed by atoms with Crippen LogP contribution in [0.4, 0.5) is 4.39 Å². The predicted molar refractivity (Wildman–Crippen MR) is 118 cm³/mol. The van der Waals surface area contributed by atoms with Gasteiger partial charge in [-0.2, -0.15) is 0 Å². The van der Waals surface area contributed by atoms with Gasteiger partial charge in [-0.05, 0) is 47.4 Å². The first-order valence-electron chi connectivity index (χ1n) is 9.95. The number of para-hydroxylation sites is 1. The number of benzene rings is 3. The first kappa shape index (κ1) is 19.8. The summed E-state index contributed by atoms with van der Waals surface area (Å²) in [5, 5.41) is 1.04. The summed E-state index contributed by atoms with van der Waals surface area (Å²) in [6.07, 6.45) is 0.256. The molecule has 4 heteroatoms. The van der Waals surface area contributed by atoms with Gasteiger partial charge in [-0.15, -0.1) is 0 Å². The Morgan fingerprint density at radius 1 is 0.933 bits per heavy atom. The molecule has 0 N–H and O–H groups in total. The van der Waals surface area contributed by atoms with Crippen molar-refractivity contribution in [1.82, 2.24) is 9.88 Å². The first-order valence-corrected chi connectivity index (χ1v) is 9.95. The monoisotopic (exact) mass is 398 g/mol. The standard InChI is InChI=1S/C26H23FN2O/c1-18-23(16-25(30)29(2)17-19-12-14-21(27)15-13-19)26(20-8-4-3-5-9-20)22-10-6-7-11-24(22)28-18/h3-15H,16-17H2,1-2H3. The predicted octanol–water partition coefficient (Wildman–Crippen LogP) is 5.55. The minimum absolute atomic E-state index is 0.00307. The van der Waals surface area contributed by atoms with Crippen molar-refractivity contribution < 1.29 is 9.18 Å². The van der Waals surface area contributed by atoms with Crippen molar-refractivity contribution in [1.29, 1.82) is 0 Å². The van der Waals surface area contributed by atoms with Gasteiger partial charge in [0.05, 0.1) is 11.9 Å². The maximum atomic E-state index is 13.2. The zero-order valence-electron chi connectivity index (χ0n) is 17.1. The molecule has 30 heavy (non-hydrogen) atoms. The van der Waals surface area contributed by atoms with Crippen LogP contribution < -0.4 is 0 Å². The van der Waals surface area contributed by atoms with Gasteiger partial charge in [0, 0.05) is 24.7 Å². The summed E-state index contributed by atoms with van der Waals surface area (Å²) in [5.74, 6) is -0.283. The Balaban J connectivity index is 1.70. The number of hydrogen-bond donors (Lipinski definition) is 0. The number of fused-ring (bicyclic) bond motifs is 1. The Labute approximate surface area is 175 Å². The second-order valence-corrected chi connectivity index (χ2v) is 7.49. The number of amides is 1. The second kappa shape index (κ2) is 8.46. The molecule has 3 aromatic carbocycles. The Kier molecular flexibility index (Phi) is 5.57. The average molecular weight is 398 g/mol. The Bertz CT molecular complexity index is 1190. The van der Waals surface area contributed by atoms with Crippen LogP contribution in [0.2, 0.25) is 0 Å². The molecule has 1 aromatic heterocycles. The highest BCUT2D eigenvalue weighted by atomic mass is 19.1. The molecule has 0 aliphatic heterocycles. The molecule has 1 amide bonds. The topological polar surface area (TPSA) is 33.2 Å². The second-order valence-electron chi connectivity index (χ2n) is 7.49. The lowest BCUT2D eigenvalue weighted by molar-refractivity contribution is -0.129. The van der Waals surface area contributed by atoms with Gasteiger partial charge in [0.25, 0.3) is 0 Å². The fourth-order valence-electron chi connectivity index (χ4n) is 3.76. The van der Waals surface area contributed by atoms with E-state index in [0.717, 1.165) is 38.9 Å². The number of likely N-dealkylation sites (N-methyl/N-ethyl adjacent to an activating group) is 1. The number of rotatable bonds is 5. The van der Waals surface area contributed by atoms with E-state index < -0.39 is 0 Å². The van der Waals surface area contributed by atoms with E-state index in [4.69, 9.17) is 4.98 Å². The van der Waals surface area contributed by atoms with Gasteiger partial charge in [-0.25, -0.2) is 4.39 Å². The molecule has 0 saturated carbocycles. The molecule has 0 atom stereocenters. The normalized spacial score (nSPS) is 10.9. The van der Waals surface area contributed by atoms with E-state index in [1.165, 1.54) is 12.1 Å². The maximum absolute atomic E-state index is 13.2. The van der Waals surface area contributed by atoms with Gasteiger partial charge in [-0.1, -0.05) is 60.7 Å². The lowest BCUT2D eigenvalue weighted by Gasteiger charge is -2.20. The summed E-state index contributed by atoms with van der Waals surface area (Å²) in [7, 11) is 1.78. The van der Waals surface area contributed by atoms with Crippen LogP contribution in [0.25, 0.3) is 22.0 Å².